The van der Waals surface area contributed by atoms with Gasteiger partial charge >= 0.3 is 18.1 Å². The van der Waals surface area contributed by atoms with E-state index < -0.39 is 12.1 Å². The summed E-state index contributed by atoms with van der Waals surface area (Å²) < 4.78 is 36.6. The van der Waals surface area contributed by atoms with Gasteiger partial charge in [0.15, 0.2) is 0 Å². The van der Waals surface area contributed by atoms with E-state index in [4.69, 9.17) is 14.6 Å². The van der Waals surface area contributed by atoms with Crippen molar-refractivity contribution in [1.29, 1.82) is 0 Å². The molecule has 0 fully saturated rings. The van der Waals surface area contributed by atoms with Crippen molar-refractivity contribution < 1.29 is 32.6 Å². The predicted octanol–water partition coefficient (Wildman–Crippen LogP) is 3.04. The summed E-state index contributed by atoms with van der Waals surface area (Å²) in [5.41, 5.74) is 0.357. The lowest BCUT2D eigenvalue weighted by Gasteiger charge is -2.02. The molecule has 2 rings (SSSR count). The molecule has 1 aromatic heterocycles. The Balaban J connectivity index is 0.000000295. The van der Waals surface area contributed by atoms with Crippen molar-refractivity contribution in [2.45, 2.75) is 13.1 Å². The Morgan fingerprint density at radius 1 is 1.23 bits per heavy atom. The molecule has 0 unspecified atom stereocenters. The van der Waals surface area contributed by atoms with E-state index in [0.29, 0.717) is 12.3 Å². The van der Waals surface area contributed by atoms with Crippen LogP contribution in [0.2, 0.25) is 0 Å². The summed E-state index contributed by atoms with van der Waals surface area (Å²) in [5, 5.41) is 9.14. The number of carbonyl (C=O) groups excluding carboxylic acids is 1. The van der Waals surface area contributed by atoms with Crippen LogP contribution >= 0.6 is 0 Å². The van der Waals surface area contributed by atoms with Crippen LogP contribution in [-0.2, 0) is 9.53 Å². The largest absolute Gasteiger partial charge is 0.490 e. The second-order valence-electron chi connectivity index (χ2n) is 3.94. The van der Waals surface area contributed by atoms with E-state index in [9.17, 15) is 18.0 Å². The molecule has 0 spiro atoms. The second-order valence-corrected chi connectivity index (χ2v) is 3.94. The third kappa shape index (κ3) is 5.04. The Morgan fingerprint density at radius 2 is 1.77 bits per heavy atom. The number of halogens is 3. The summed E-state index contributed by atoms with van der Waals surface area (Å²) in [6, 6.07) is 9.51. The third-order valence-electron chi connectivity index (χ3n) is 2.36. The molecule has 22 heavy (non-hydrogen) atoms. The number of fused-ring (bicyclic) bond motifs is 1. The van der Waals surface area contributed by atoms with Gasteiger partial charge in [-0.1, -0.05) is 24.3 Å². The minimum atomic E-state index is -5.08. The molecule has 1 N–H and O–H groups in total. The van der Waals surface area contributed by atoms with Crippen molar-refractivity contribution >= 4 is 22.7 Å². The predicted molar refractivity (Wildman–Crippen MR) is 71.4 cm³/mol. The highest BCUT2D eigenvalue weighted by molar-refractivity contribution is 5.92. The van der Waals surface area contributed by atoms with Crippen molar-refractivity contribution in [2.75, 3.05) is 6.61 Å². The van der Waals surface area contributed by atoms with Crippen LogP contribution in [0.4, 0.5) is 13.2 Å². The highest BCUT2D eigenvalue weighted by atomic mass is 19.4. The molecule has 0 atom stereocenters. The average molecular weight is 315 g/mol. The summed E-state index contributed by atoms with van der Waals surface area (Å²) in [6.45, 7) is 2.15. The highest BCUT2D eigenvalue weighted by Crippen LogP contribution is 2.14. The van der Waals surface area contributed by atoms with Gasteiger partial charge in [0.05, 0.1) is 6.61 Å². The number of ether oxygens (including phenoxy) is 1. The monoisotopic (exact) mass is 315 g/mol. The van der Waals surface area contributed by atoms with Crippen LogP contribution in [0, 0.1) is 0 Å². The van der Waals surface area contributed by atoms with Crippen LogP contribution in [0.1, 0.15) is 17.4 Å². The molecule has 118 valence electrons. The zero-order valence-electron chi connectivity index (χ0n) is 11.4. The zero-order chi connectivity index (χ0) is 16.8. The number of aliphatic carboxylic acids is 1. The van der Waals surface area contributed by atoms with Crippen molar-refractivity contribution in [1.82, 2.24) is 4.98 Å². The number of pyridine rings is 1. The van der Waals surface area contributed by atoms with Gasteiger partial charge in [-0.25, -0.2) is 14.6 Å². The fourth-order valence-corrected chi connectivity index (χ4v) is 1.40. The molecule has 0 amide bonds. The normalized spacial score (nSPS) is 10.5. The zero-order valence-corrected chi connectivity index (χ0v) is 11.4. The lowest BCUT2D eigenvalue weighted by Crippen LogP contribution is -2.21. The maximum atomic E-state index is 11.4. The third-order valence-corrected chi connectivity index (χ3v) is 2.36. The smallest absolute Gasteiger partial charge is 0.475 e. The van der Waals surface area contributed by atoms with Gasteiger partial charge in [0, 0.05) is 11.6 Å². The fourth-order valence-electron chi connectivity index (χ4n) is 1.40. The Kier molecular flexibility index (Phi) is 5.85. The number of carboxylic acid groups (broad SMARTS) is 1. The lowest BCUT2D eigenvalue weighted by molar-refractivity contribution is -0.192. The topological polar surface area (TPSA) is 76.5 Å². The summed E-state index contributed by atoms with van der Waals surface area (Å²) in [5.74, 6) is -3.13. The quantitative estimate of drug-likeness (QED) is 0.862. The summed E-state index contributed by atoms with van der Waals surface area (Å²) >= 11 is 0. The second kappa shape index (κ2) is 7.39. The van der Waals surface area contributed by atoms with Gasteiger partial charge in [-0.2, -0.15) is 13.2 Å². The average Bonchev–Trinajstić information content (AvgIpc) is 2.46. The Labute approximate surface area is 123 Å². The molecule has 8 heteroatoms. The number of carbonyl (C=O) groups is 2. The molecule has 1 heterocycles. The first-order valence-corrected chi connectivity index (χ1v) is 6.07. The highest BCUT2D eigenvalue weighted by Gasteiger charge is 2.38. The number of hydrogen-bond donors (Lipinski definition) is 1. The van der Waals surface area contributed by atoms with E-state index in [0.717, 1.165) is 10.8 Å². The molecule has 0 aliphatic heterocycles. The molecule has 2 aromatic rings. The van der Waals surface area contributed by atoms with Crippen molar-refractivity contribution in [3.05, 3.63) is 42.2 Å². The maximum absolute atomic E-state index is 11.4. The van der Waals surface area contributed by atoms with Crippen LogP contribution in [0.15, 0.2) is 36.5 Å². The van der Waals surface area contributed by atoms with Gasteiger partial charge in [0.25, 0.3) is 0 Å². The van der Waals surface area contributed by atoms with Gasteiger partial charge in [0.1, 0.15) is 5.69 Å². The number of benzene rings is 1. The summed E-state index contributed by atoms with van der Waals surface area (Å²) in [7, 11) is 0. The van der Waals surface area contributed by atoms with Crippen LogP contribution in [0.25, 0.3) is 10.8 Å². The Hall–Kier alpha value is -2.64. The van der Waals surface area contributed by atoms with Crippen LogP contribution < -0.4 is 0 Å². The first-order valence-electron chi connectivity index (χ1n) is 6.07. The molecule has 0 aliphatic rings. The molecule has 0 saturated heterocycles. The van der Waals surface area contributed by atoms with Crippen molar-refractivity contribution in [3.8, 4) is 0 Å². The number of nitrogens with zero attached hydrogens (tertiary/aromatic N) is 1. The fraction of sp³-hybridized carbons (Fsp3) is 0.214. The minimum Gasteiger partial charge on any atom is -0.475 e. The SMILES string of the molecule is CCOC(=O)c1cc2ccccc2cn1.O=C(O)C(F)(F)F. The summed E-state index contributed by atoms with van der Waals surface area (Å²) in [4.78, 5) is 24.4. The molecular formula is C14H12F3NO4. The summed E-state index contributed by atoms with van der Waals surface area (Å²) in [6.07, 6.45) is -3.40. The van der Waals surface area contributed by atoms with E-state index in [1.807, 2.05) is 24.3 Å². The van der Waals surface area contributed by atoms with Crippen molar-refractivity contribution in [2.24, 2.45) is 0 Å². The molecular weight excluding hydrogens is 303 g/mol. The van der Waals surface area contributed by atoms with Crippen LogP contribution in [0.5, 0.6) is 0 Å². The Bertz CT molecular complexity index is 670. The van der Waals surface area contributed by atoms with E-state index in [1.54, 1.807) is 19.2 Å². The standard InChI is InChI=1S/C12H11NO2.C2HF3O2/c1-2-15-12(14)11-7-9-5-3-4-6-10(9)8-13-11;3-2(4,5)1(6)7/h3-8H,2H2,1H3;(H,6,7). The van der Waals surface area contributed by atoms with E-state index >= 15 is 0 Å². The van der Waals surface area contributed by atoms with Crippen molar-refractivity contribution in [3.63, 3.8) is 0 Å². The van der Waals surface area contributed by atoms with Crippen LogP contribution in [0.3, 0.4) is 0 Å². The van der Waals surface area contributed by atoms with Crippen LogP contribution in [-0.4, -0.2) is 34.8 Å². The number of carboxylic acids is 1. The van der Waals surface area contributed by atoms with E-state index in [1.165, 1.54) is 0 Å². The molecule has 1 aromatic carbocycles. The van der Waals surface area contributed by atoms with Gasteiger partial charge in [-0.15, -0.1) is 0 Å². The minimum absolute atomic E-state index is 0.357. The van der Waals surface area contributed by atoms with Gasteiger partial charge in [-0.05, 0) is 18.4 Å². The lowest BCUT2D eigenvalue weighted by atomic mass is 10.1. The molecule has 0 saturated carbocycles. The van der Waals surface area contributed by atoms with E-state index in [2.05, 4.69) is 4.98 Å². The number of alkyl halides is 3. The molecule has 0 bridgehead atoms. The van der Waals surface area contributed by atoms with Gasteiger partial charge in [0.2, 0.25) is 0 Å². The van der Waals surface area contributed by atoms with Gasteiger partial charge in [-0.3, -0.25) is 0 Å². The first-order chi connectivity index (χ1) is 10.3. The first kappa shape index (κ1) is 17.4. The number of esters is 1. The number of rotatable bonds is 2. The maximum Gasteiger partial charge on any atom is 0.490 e. The molecule has 5 nitrogen and oxygen atoms in total. The van der Waals surface area contributed by atoms with E-state index in [-0.39, 0.29) is 5.97 Å². The number of aromatic nitrogens is 1. The number of hydrogen-bond acceptors (Lipinski definition) is 4. The molecule has 0 aliphatic carbocycles. The molecule has 0 radical (unpaired) electrons. The Morgan fingerprint density at radius 3 is 2.27 bits per heavy atom. The van der Waals surface area contributed by atoms with Gasteiger partial charge < -0.3 is 9.84 Å².